The number of benzene rings is 2. The van der Waals surface area contributed by atoms with Crippen molar-refractivity contribution >= 4 is 22.5 Å². The molecule has 0 saturated carbocycles. The Morgan fingerprint density at radius 1 is 0.923 bits per heavy atom. The Hall–Kier alpha value is -3.80. The monoisotopic (exact) mass is 342 g/mol. The molecule has 2 heterocycles. The van der Waals surface area contributed by atoms with Gasteiger partial charge in [0.15, 0.2) is 17.3 Å². The zero-order valence-electron chi connectivity index (χ0n) is 13.6. The number of carbonyl (C=O) groups is 1. The van der Waals surface area contributed by atoms with Crippen molar-refractivity contribution in [1.82, 2.24) is 15.0 Å². The van der Waals surface area contributed by atoms with Gasteiger partial charge in [-0.3, -0.25) is 9.78 Å². The average molecular weight is 342 g/mol. The first-order chi connectivity index (χ1) is 12.7. The lowest BCUT2D eigenvalue weighted by molar-refractivity contribution is 0.101. The van der Waals surface area contributed by atoms with E-state index in [1.807, 2.05) is 42.5 Å². The molecule has 2 N–H and O–H groups in total. The van der Waals surface area contributed by atoms with E-state index in [1.54, 1.807) is 12.1 Å². The predicted octanol–water partition coefficient (Wildman–Crippen LogP) is 3.65. The van der Waals surface area contributed by atoms with Gasteiger partial charge in [0.25, 0.3) is 5.91 Å². The van der Waals surface area contributed by atoms with E-state index < -0.39 is 5.91 Å². The molecule has 0 radical (unpaired) electrons. The van der Waals surface area contributed by atoms with Gasteiger partial charge in [0.05, 0.1) is 11.9 Å². The predicted molar refractivity (Wildman–Crippen MR) is 98.8 cm³/mol. The zero-order chi connectivity index (χ0) is 17.9. The highest BCUT2D eigenvalue weighted by molar-refractivity contribution is 6.10. The molecule has 6 heteroatoms. The number of rotatable bonds is 3. The van der Waals surface area contributed by atoms with Gasteiger partial charge in [0.2, 0.25) is 0 Å². The molecule has 0 unspecified atom stereocenters. The number of aromatic hydroxyl groups is 1. The number of pyridine rings is 1. The molecule has 4 rings (SSSR count). The minimum Gasteiger partial charge on any atom is -0.505 e. The number of anilines is 1. The zero-order valence-corrected chi connectivity index (χ0v) is 13.6. The van der Waals surface area contributed by atoms with Gasteiger partial charge in [-0.15, -0.1) is 0 Å². The molecule has 0 bridgehead atoms. The number of amides is 1. The molecule has 126 valence electrons. The first kappa shape index (κ1) is 15.7. The molecule has 2 aromatic heterocycles. The molecule has 0 atom stereocenters. The van der Waals surface area contributed by atoms with Crippen molar-refractivity contribution in [3.8, 4) is 17.0 Å². The average Bonchev–Trinajstić information content (AvgIpc) is 2.70. The standard InChI is InChI=1S/C20H14N4O2/c25-19-15-9-5-4-8-14(15)17(13-6-2-1-3-7-13)24-18(19)20(26)23-16-12-21-10-11-22-16/h1-12,25H,(H,22,23,26). The lowest BCUT2D eigenvalue weighted by atomic mass is 10.0. The summed E-state index contributed by atoms with van der Waals surface area (Å²) < 4.78 is 0. The first-order valence-electron chi connectivity index (χ1n) is 7.98. The lowest BCUT2D eigenvalue weighted by Crippen LogP contribution is -2.15. The van der Waals surface area contributed by atoms with E-state index in [4.69, 9.17) is 0 Å². The van der Waals surface area contributed by atoms with Crippen LogP contribution in [0.1, 0.15) is 10.5 Å². The van der Waals surface area contributed by atoms with Crippen LogP contribution >= 0.6 is 0 Å². The minimum absolute atomic E-state index is 0.0618. The van der Waals surface area contributed by atoms with Crippen molar-refractivity contribution in [2.45, 2.75) is 0 Å². The number of aromatic nitrogens is 3. The second-order valence-corrected chi connectivity index (χ2v) is 5.61. The van der Waals surface area contributed by atoms with Crippen molar-refractivity contribution in [3.63, 3.8) is 0 Å². The summed E-state index contributed by atoms with van der Waals surface area (Å²) in [5.41, 5.74) is 1.42. The molecule has 0 saturated heterocycles. The van der Waals surface area contributed by atoms with Gasteiger partial charge < -0.3 is 10.4 Å². The maximum atomic E-state index is 12.7. The van der Waals surface area contributed by atoms with Crippen LogP contribution < -0.4 is 5.32 Å². The first-order valence-corrected chi connectivity index (χ1v) is 7.98. The third-order valence-electron chi connectivity index (χ3n) is 3.95. The van der Waals surface area contributed by atoms with Crippen LogP contribution in [0.2, 0.25) is 0 Å². The van der Waals surface area contributed by atoms with Crippen molar-refractivity contribution in [3.05, 3.63) is 78.9 Å². The fourth-order valence-corrected chi connectivity index (χ4v) is 2.76. The molecule has 26 heavy (non-hydrogen) atoms. The van der Waals surface area contributed by atoms with E-state index in [2.05, 4.69) is 20.3 Å². The van der Waals surface area contributed by atoms with Crippen LogP contribution in [0.15, 0.2) is 73.2 Å². The van der Waals surface area contributed by atoms with Crippen LogP contribution in [0.4, 0.5) is 5.82 Å². The third-order valence-corrected chi connectivity index (χ3v) is 3.95. The van der Waals surface area contributed by atoms with Gasteiger partial charge in [-0.1, -0.05) is 54.6 Å². The van der Waals surface area contributed by atoms with Gasteiger partial charge in [-0.25, -0.2) is 9.97 Å². The van der Waals surface area contributed by atoms with E-state index in [0.29, 0.717) is 11.1 Å². The SMILES string of the molecule is O=C(Nc1cnccn1)c1nc(-c2ccccc2)c2ccccc2c1O. The highest BCUT2D eigenvalue weighted by Gasteiger charge is 2.20. The maximum absolute atomic E-state index is 12.7. The van der Waals surface area contributed by atoms with Crippen LogP contribution in [-0.2, 0) is 0 Å². The molecule has 0 aliphatic rings. The number of hydrogen-bond donors (Lipinski definition) is 2. The maximum Gasteiger partial charge on any atom is 0.279 e. The Kier molecular flexibility index (Phi) is 3.99. The van der Waals surface area contributed by atoms with Gasteiger partial charge >= 0.3 is 0 Å². The number of hydrogen-bond acceptors (Lipinski definition) is 5. The number of carbonyl (C=O) groups excluding carboxylic acids is 1. The number of nitrogens with one attached hydrogen (secondary N) is 1. The molecule has 2 aromatic carbocycles. The van der Waals surface area contributed by atoms with Crippen LogP contribution in [0.3, 0.4) is 0 Å². The lowest BCUT2D eigenvalue weighted by Gasteiger charge is -2.12. The largest absolute Gasteiger partial charge is 0.505 e. The Morgan fingerprint density at radius 2 is 1.65 bits per heavy atom. The molecule has 0 aliphatic heterocycles. The summed E-state index contributed by atoms with van der Waals surface area (Å²) in [4.78, 5) is 25.0. The topological polar surface area (TPSA) is 88.0 Å². The summed E-state index contributed by atoms with van der Waals surface area (Å²) in [5, 5.41) is 14.5. The Balaban J connectivity index is 1.87. The summed E-state index contributed by atoms with van der Waals surface area (Å²) in [7, 11) is 0. The van der Waals surface area contributed by atoms with Crippen LogP contribution in [0, 0.1) is 0 Å². The molecule has 0 spiro atoms. The van der Waals surface area contributed by atoms with Crippen molar-refractivity contribution < 1.29 is 9.90 Å². The van der Waals surface area contributed by atoms with Gasteiger partial charge in [-0.05, 0) is 0 Å². The summed E-state index contributed by atoms with van der Waals surface area (Å²) in [5.74, 6) is -0.430. The summed E-state index contributed by atoms with van der Waals surface area (Å²) in [6.07, 6.45) is 4.40. The molecule has 0 aliphatic carbocycles. The van der Waals surface area contributed by atoms with E-state index >= 15 is 0 Å². The molecular weight excluding hydrogens is 328 g/mol. The summed E-state index contributed by atoms with van der Waals surface area (Å²) >= 11 is 0. The highest BCUT2D eigenvalue weighted by atomic mass is 16.3. The molecule has 1 amide bonds. The number of nitrogens with zero attached hydrogens (tertiary/aromatic N) is 3. The fourth-order valence-electron chi connectivity index (χ4n) is 2.76. The van der Waals surface area contributed by atoms with Crippen LogP contribution in [-0.4, -0.2) is 26.0 Å². The quantitative estimate of drug-likeness (QED) is 0.593. The second kappa shape index (κ2) is 6.60. The van der Waals surface area contributed by atoms with Crippen LogP contribution in [0.25, 0.3) is 22.0 Å². The van der Waals surface area contributed by atoms with Crippen molar-refractivity contribution in [2.75, 3.05) is 5.32 Å². The van der Waals surface area contributed by atoms with Gasteiger partial charge in [0.1, 0.15) is 0 Å². The van der Waals surface area contributed by atoms with E-state index in [9.17, 15) is 9.90 Å². The molecular formula is C20H14N4O2. The van der Waals surface area contributed by atoms with Crippen LogP contribution in [0.5, 0.6) is 5.75 Å². The van der Waals surface area contributed by atoms with Crippen molar-refractivity contribution in [2.24, 2.45) is 0 Å². The Bertz CT molecular complexity index is 1080. The van der Waals surface area contributed by atoms with Gasteiger partial charge in [0, 0.05) is 28.7 Å². The van der Waals surface area contributed by atoms with E-state index in [1.165, 1.54) is 18.6 Å². The van der Waals surface area contributed by atoms with E-state index in [0.717, 1.165) is 10.9 Å². The van der Waals surface area contributed by atoms with Gasteiger partial charge in [-0.2, -0.15) is 0 Å². The molecule has 6 nitrogen and oxygen atoms in total. The van der Waals surface area contributed by atoms with Crippen molar-refractivity contribution in [1.29, 1.82) is 0 Å². The van der Waals surface area contributed by atoms with E-state index in [-0.39, 0.29) is 17.3 Å². The smallest absolute Gasteiger partial charge is 0.279 e. The molecule has 0 fully saturated rings. The molecule has 4 aromatic rings. The third kappa shape index (κ3) is 2.84. The Morgan fingerprint density at radius 3 is 2.38 bits per heavy atom. The second-order valence-electron chi connectivity index (χ2n) is 5.61. The Labute approximate surface area is 149 Å². The minimum atomic E-state index is -0.550. The normalized spacial score (nSPS) is 10.6. The summed E-state index contributed by atoms with van der Waals surface area (Å²) in [6.45, 7) is 0. The number of fused-ring (bicyclic) bond motifs is 1. The summed E-state index contributed by atoms with van der Waals surface area (Å²) in [6, 6.07) is 16.8. The fraction of sp³-hybridized carbons (Fsp3) is 0. The highest BCUT2D eigenvalue weighted by Crippen LogP contribution is 2.34.